The smallest absolute Gasteiger partial charge is 0.408 e. The lowest BCUT2D eigenvalue weighted by molar-refractivity contribution is -0.148. The molecule has 182 valence electrons. The van der Waals surface area contributed by atoms with Gasteiger partial charge in [-0.05, 0) is 22.3 Å². The fourth-order valence-corrected chi connectivity index (χ4v) is 4.21. The van der Waals surface area contributed by atoms with Crippen LogP contribution in [0, 0.1) is 0 Å². The van der Waals surface area contributed by atoms with Crippen molar-refractivity contribution >= 4 is 18.0 Å². The number of methoxy groups -OCH3 is 1. The van der Waals surface area contributed by atoms with E-state index in [-0.39, 0.29) is 19.1 Å². The Bertz CT molecular complexity index is 1190. The van der Waals surface area contributed by atoms with Gasteiger partial charge in [-0.2, -0.15) is 5.10 Å². The lowest BCUT2D eigenvalue weighted by atomic mass is 9.98. The monoisotopic (exact) mass is 478 g/mol. The summed E-state index contributed by atoms with van der Waals surface area (Å²) in [4.78, 5) is 36.8. The Hall–Kier alpha value is -4.18. The second-order valence-corrected chi connectivity index (χ2v) is 8.16. The van der Waals surface area contributed by atoms with Gasteiger partial charge in [-0.25, -0.2) is 9.59 Å². The Labute approximate surface area is 201 Å². The van der Waals surface area contributed by atoms with E-state index in [1.807, 2.05) is 48.5 Å². The normalized spacial score (nSPS) is 13.9. The first-order chi connectivity index (χ1) is 16.9. The quantitative estimate of drug-likeness (QED) is 0.430. The molecule has 2 atom stereocenters. The van der Waals surface area contributed by atoms with Crippen LogP contribution < -0.4 is 10.6 Å². The predicted octanol–water partition coefficient (Wildman–Crippen LogP) is 2.22. The lowest BCUT2D eigenvalue weighted by Gasteiger charge is -2.20. The summed E-state index contributed by atoms with van der Waals surface area (Å²) >= 11 is 0. The van der Waals surface area contributed by atoms with E-state index in [2.05, 4.69) is 15.7 Å². The van der Waals surface area contributed by atoms with Gasteiger partial charge >= 0.3 is 12.1 Å². The number of benzene rings is 2. The minimum absolute atomic E-state index is 0.0893. The number of hydrogen-bond donors (Lipinski definition) is 3. The molecule has 3 aromatic rings. The summed E-state index contributed by atoms with van der Waals surface area (Å²) in [5, 5.41) is 18.2. The van der Waals surface area contributed by atoms with Crippen LogP contribution in [0.25, 0.3) is 11.1 Å². The van der Waals surface area contributed by atoms with Gasteiger partial charge in [-0.3, -0.25) is 9.48 Å². The highest BCUT2D eigenvalue weighted by Crippen LogP contribution is 2.44. The van der Waals surface area contributed by atoms with Gasteiger partial charge in [0.1, 0.15) is 12.6 Å². The first kappa shape index (κ1) is 24.0. The van der Waals surface area contributed by atoms with E-state index in [9.17, 15) is 14.4 Å². The Kier molecular flexibility index (Phi) is 7.11. The van der Waals surface area contributed by atoms with Crippen molar-refractivity contribution in [1.29, 1.82) is 0 Å². The van der Waals surface area contributed by atoms with Crippen molar-refractivity contribution in [2.75, 3.05) is 20.3 Å². The zero-order chi connectivity index (χ0) is 24.9. The number of fused-ring (bicyclic) bond motifs is 3. The third kappa shape index (κ3) is 5.17. The van der Waals surface area contributed by atoms with E-state index < -0.39 is 30.1 Å². The molecule has 0 radical (unpaired) electrons. The van der Waals surface area contributed by atoms with E-state index in [1.165, 1.54) is 18.0 Å². The number of carboxylic acid groups (broad SMARTS) is 1. The van der Waals surface area contributed by atoms with Crippen LogP contribution in [0.1, 0.15) is 28.7 Å². The van der Waals surface area contributed by atoms with Crippen LogP contribution in [0.3, 0.4) is 0 Å². The maximum absolute atomic E-state index is 12.9. The average Bonchev–Trinajstić information content (AvgIpc) is 3.42. The topological polar surface area (TPSA) is 132 Å². The number of carbonyl (C=O) groups excluding carboxylic acids is 2. The number of aromatic nitrogens is 2. The lowest BCUT2D eigenvalue weighted by Crippen LogP contribution is -2.44. The molecule has 0 fully saturated rings. The summed E-state index contributed by atoms with van der Waals surface area (Å²) in [7, 11) is 2.91. The van der Waals surface area contributed by atoms with Crippen LogP contribution in [0.15, 0.2) is 60.9 Å². The summed E-state index contributed by atoms with van der Waals surface area (Å²) in [5.74, 6) is -1.96. The number of alkyl carbamates (subject to hydrolysis) is 1. The van der Waals surface area contributed by atoms with Crippen molar-refractivity contribution in [1.82, 2.24) is 20.4 Å². The van der Waals surface area contributed by atoms with Crippen LogP contribution in [-0.2, 0) is 26.1 Å². The van der Waals surface area contributed by atoms with Gasteiger partial charge < -0.3 is 25.2 Å². The molecule has 0 spiro atoms. The second kappa shape index (κ2) is 10.4. The van der Waals surface area contributed by atoms with Crippen LogP contribution in [0.4, 0.5) is 4.79 Å². The van der Waals surface area contributed by atoms with Crippen LogP contribution in [0.2, 0.25) is 0 Å². The Balaban J connectivity index is 1.45. The molecule has 4 rings (SSSR count). The number of carboxylic acids is 1. The van der Waals surface area contributed by atoms with Crippen molar-refractivity contribution in [2.24, 2.45) is 7.05 Å². The SMILES string of the molecule is COC(CNC(=O)C(NC(=O)OCC1c2ccccc2-c2ccccc21)c1cnn(C)c1)C(=O)O. The number of carbonyl (C=O) groups is 3. The summed E-state index contributed by atoms with van der Waals surface area (Å²) in [6, 6.07) is 14.8. The van der Waals surface area contributed by atoms with E-state index >= 15 is 0 Å². The van der Waals surface area contributed by atoms with Gasteiger partial charge in [0, 0.05) is 31.8 Å². The number of aliphatic carboxylic acids is 1. The van der Waals surface area contributed by atoms with Crippen molar-refractivity contribution in [2.45, 2.75) is 18.1 Å². The standard InChI is InChI=1S/C25H26N4O6/c1-29-13-15(11-27-29)22(23(30)26-12-21(34-2)24(31)32)28-25(33)35-14-20-18-9-5-3-7-16(18)17-8-4-6-10-19(17)20/h3-11,13,20-22H,12,14H2,1-2H3,(H,26,30)(H,28,33)(H,31,32). The molecule has 35 heavy (non-hydrogen) atoms. The fraction of sp³-hybridized carbons (Fsp3) is 0.280. The Morgan fingerprint density at radius 3 is 2.26 bits per heavy atom. The van der Waals surface area contributed by atoms with E-state index in [1.54, 1.807) is 13.2 Å². The third-order valence-corrected chi connectivity index (χ3v) is 5.95. The fourth-order valence-electron chi connectivity index (χ4n) is 4.21. The molecule has 2 amide bonds. The van der Waals surface area contributed by atoms with Crippen LogP contribution in [0.5, 0.6) is 0 Å². The summed E-state index contributed by atoms with van der Waals surface area (Å²) in [5.41, 5.74) is 4.78. The van der Waals surface area contributed by atoms with Gasteiger partial charge in [-0.15, -0.1) is 0 Å². The first-order valence-electron chi connectivity index (χ1n) is 11.0. The summed E-state index contributed by atoms with van der Waals surface area (Å²) < 4.78 is 11.9. The van der Waals surface area contributed by atoms with E-state index in [4.69, 9.17) is 14.6 Å². The van der Waals surface area contributed by atoms with Gasteiger partial charge in [0.2, 0.25) is 5.91 Å². The molecule has 10 nitrogen and oxygen atoms in total. The molecule has 0 aliphatic heterocycles. The largest absolute Gasteiger partial charge is 0.479 e. The van der Waals surface area contributed by atoms with Gasteiger partial charge in [0.15, 0.2) is 6.10 Å². The molecule has 1 heterocycles. The number of amides is 2. The number of nitrogens with zero attached hydrogens (tertiary/aromatic N) is 2. The number of hydrogen-bond acceptors (Lipinski definition) is 6. The predicted molar refractivity (Wildman–Crippen MR) is 126 cm³/mol. The van der Waals surface area contributed by atoms with E-state index in [0.29, 0.717) is 5.56 Å². The minimum atomic E-state index is -1.22. The van der Waals surface area contributed by atoms with Gasteiger partial charge in [0.05, 0.1) is 12.7 Å². The third-order valence-electron chi connectivity index (χ3n) is 5.95. The number of rotatable bonds is 9. The number of nitrogens with one attached hydrogen (secondary N) is 2. The second-order valence-electron chi connectivity index (χ2n) is 8.16. The molecule has 0 saturated carbocycles. The van der Waals surface area contributed by atoms with Crippen molar-refractivity contribution < 1.29 is 29.0 Å². The van der Waals surface area contributed by atoms with Gasteiger partial charge in [-0.1, -0.05) is 48.5 Å². The molecule has 2 aromatic carbocycles. The zero-order valence-corrected chi connectivity index (χ0v) is 19.3. The molecule has 0 bridgehead atoms. The Morgan fingerprint density at radius 1 is 1.09 bits per heavy atom. The zero-order valence-electron chi connectivity index (χ0n) is 19.3. The van der Waals surface area contributed by atoms with Crippen LogP contribution in [-0.4, -0.2) is 59.2 Å². The maximum Gasteiger partial charge on any atom is 0.408 e. The maximum atomic E-state index is 12.9. The number of aryl methyl sites for hydroxylation is 1. The molecular formula is C25H26N4O6. The van der Waals surface area contributed by atoms with Crippen molar-refractivity contribution in [3.63, 3.8) is 0 Å². The highest BCUT2D eigenvalue weighted by molar-refractivity contribution is 5.87. The highest BCUT2D eigenvalue weighted by atomic mass is 16.5. The summed E-state index contributed by atoms with van der Waals surface area (Å²) in [6.45, 7) is -0.181. The summed E-state index contributed by atoms with van der Waals surface area (Å²) in [6.07, 6.45) is 1.03. The van der Waals surface area contributed by atoms with E-state index in [0.717, 1.165) is 22.3 Å². The molecule has 1 aromatic heterocycles. The molecule has 1 aliphatic rings. The first-order valence-corrected chi connectivity index (χ1v) is 11.0. The van der Waals surface area contributed by atoms with Gasteiger partial charge in [0.25, 0.3) is 0 Å². The van der Waals surface area contributed by atoms with Crippen molar-refractivity contribution in [3.8, 4) is 11.1 Å². The minimum Gasteiger partial charge on any atom is -0.479 e. The highest BCUT2D eigenvalue weighted by Gasteiger charge is 2.31. The number of ether oxygens (including phenoxy) is 2. The molecule has 3 N–H and O–H groups in total. The molecule has 1 aliphatic carbocycles. The Morgan fingerprint density at radius 2 is 1.71 bits per heavy atom. The molecular weight excluding hydrogens is 452 g/mol. The van der Waals surface area contributed by atoms with Crippen molar-refractivity contribution in [3.05, 3.63) is 77.6 Å². The average molecular weight is 479 g/mol. The van der Waals surface area contributed by atoms with Crippen LogP contribution >= 0.6 is 0 Å². The molecule has 10 heteroatoms. The molecule has 2 unspecified atom stereocenters. The molecule has 0 saturated heterocycles.